The third-order valence-electron chi connectivity index (χ3n) is 2.01. The zero-order valence-corrected chi connectivity index (χ0v) is 9.06. The molecule has 0 saturated carbocycles. The van der Waals surface area contributed by atoms with E-state index < -0.39 is 0 Å². The number of hydrogen-bond acceptors (Lipinski definition) is 2. The number of carbonyl (C=O) groups excluding carboxylic acids is 1. The molecule has 0 aliphatic heterocycles. The normalized spacial score (nSPS) is 10.2. The van der Waals surface area contributed by atoms with E-state index in [4.69, 9.17) is 19.4 Å². The summed E-state index contributed by atoms with van der Waals surface area (Å²) >= 11 is 5.88. The third-order valence-corrected chi connectivity index (χ3v) is 2.40. The Balaban J connectivity index is 3.09. The molecule has 0 aromatic carbocycles. The second kappa shape index (κ2) is 4.60. The number of hydrogen-bond donors (Lipinski definition) is 0. The van der Waals surface area contributed by atoms with Gasteiger partial charge in [-0.05, 0) is 19.9 Å². The van der Waals surface area contributed by atoms with Crippen molar-refractivity contribution in [3.05, 3.63) is 28.0 Å². The summed E-state index contributed by atoms with van der Waals surface area (Å²) in [5, 5.41) is 0.524. The van der Waals surface area contributed by atoms with Crippen molar-refractivity contribution in [3.8, 4) is 0 Å². The fraction of sp³-hybridized carbons (Fsp3) is 0.400. The molecule has 2 radical (unpaired) electrons. The van der Waals surface area contributed by atoms with Crippen molar-refractivity contribution in [2.75, 3.05) is 0 Å². The molecule has 72 valence electrons. The van der Waals surface area contributed by atoms with Gasteiger partial charge in [-0.3, -0.25) is 9.78 Å². The summed E-state index contributed by atoms with van der Waals surface area (Å²) in [4.78, 5) is 15.7. The number of pyridine rings is 1. The maximum Gasteiger partial charge on any atom is 0.164 e. The van der Waals surface area contributed by atoms with Gasteiger partial charge in [0.15, 0.2) is 5.78 Å². The second-order valence-corrected chi connectivity index (χ2v) is 3.56. The van der Waals surface area contributed by atoms with Crippen LogP contribution in [0.1, 0.15) is 28.2 Å². The number of nitrogens with zero attached hydrogens (tertiary/aromatic N) is 1. The van der Waals surface area contributed by atoms with Gasteiger partial charge in [0, 0.05) is 17.7 Å². The highest BCUT2D eigenvalue weighted by Gasteiger charge is 2.11. The van der Waals surface area contributed by atoms with E-state index in [1.165, 1.54) is 0 Å². The van der Waals surface area contributed by atoms with Crippen LogP contribution in [0.2, 0.25) is 11.3 Å². The van der Waals surface area contributed by atoms with Crippen molar-refractivity contribution in [2.45, 2.75) is 26.6 Å². The van der Waals surface area contributed by atoms with Gasteiger partial charge in [0.1, 0.15) is 0 Å². The first-order valence-electron chi connectivity index (χ1n) is 4.43. The summed E-state index contributed by atoms with van der Waals surface area (Å²) in [6.45, 7) is 3.61. The lowest BCUT2D eigenvalue weighted by Gasteiger charge is -2.06. The first kappa shape index (κ1) is 11.3. The molecule has 0 fully saturated rings. The van der Waals surface area contributed by atoms with Crippen molar-refractivity contribution in [1.82, 2.24) is 4.98 Å². The highest BCUT2D eigenvalue weighted by atomic mass is 35.5. The van der Waals surface area contributed by atoms with E-state index in [0.29, 0.717) is 29.0 Å². The van der Waals surface area contributed by atoms with E-state index in [1.807, 2.05) is 6.92 Å². The summed E-state index contributed by atoms with van der Waals surface area (Å²) in [6.07, 6.45) is 0.686. The Morgan fingerprint density at radius 1 is 1.50 bits per heavy atom. The van der Waals surface area contributed by atoms with Gasteiger partial charge in [-0.2, -0.15) is 0 Å². The van der Waals surface area contributed by atoms with Gasteiger partial charge in [-0.15, -0.1) is 0 Å². The van der Waals surface area contributed by atoms with Gasteiger partial charge in [0.05, 0.1) is 18.6 Å². The van der Waals surface area contributed by atoms with E-state index >= 15 is 0 Å². The summed E-state index contributed by atoms with van der Waals surface area (Å²) in [7, 11) is 5.31. The Morgan fingerprint density at radius 3 is 2.71 bits per heavy atom. The Hall–Kier alpha value is -0.825. The average molecular weight is 207 g/mol. The number of halogens is 1. The standard InChI is InChI=1S/C10H11BClNO/c1-6-8(10(14)3-4-11)5-9(12)7(2)13-6/h5H,3-4H2,1-2H3. The number of ketones is 1. The zero-order valence-electron chi connectivity index (χ0n) is 8.30. The van der Waals surface area contributed by atoms with Crippen molar-refractivity contribution in [2.24, 2.45) is 0 Å². The molecule has 1 aromatic rings. The van der Waals surface area contributed by atoms with Crippen LogP contribution in [0.5, 0.6) is 0 Å². The van der Waals surface area contributed by atoms with E-state index in [1.54, 1.807) is 13.0 Å². The molecule has 1 heterocycles. The molecule has 0 amide bonds. The van der Waals surface area contributed by atoms with Crippen LogP contribution in [0.3, 0.4) is 0 Å². The van der Waals surface area contributed by atoms with Crippen LogP contribution >= 0.6 is 11.6 Å². The lowest BCUT2D eigenvalue weighted by molar-refractivity contribution is 0.0987. The predicted molar refractivity (Wildman–Crippen MR) is 58.2 cm³/mol. The van der Waals surface area contributed by atoms with Crippen molar-refractivity contribution >= 4 is 25.2 Å². The first-order chi connectivity index (χ1) is 6.56. The Kier molecular flexibility index (Phi) is 3.70. The van der Waals surface area contributed by atoms with Crippen LogP contribution in [0.4, 0.5) is 0 Å². The monoisotopic (exact) mass is 207 g/mol. The Labute approximate surface area is 90.1 Å². The van der Waals surface area contributed by atoms with Gasteiger partial charge < -0.3 is 0 Å². The second-order valence-electron chi connectivity index (χ2n) is 3.15. The number of aryl methyl sites for hydroxylation is 2. The van der Waals surface area contributed by atoms with Crippen LogP contribution in [-0.2, 0) is 0 Å². The first-order valence-corrected chi connectivity index (χ1v) is 4.81. The summed E-state index contributed by atoms with van der Waals surface area (Å²) in [6, 6.07) is 1.66. The Morgan fingerprint density at radius 2 is 2.14 bits per heavy atom. The van der Waals surface area contributed by atoms with E-state index in [2.05, 4.69) is 4.98 Å². The molecule has 0 unspecified atom stereocenters. The molecule has 0 saturated heterocycles. The summed E-state index contributed by atoms with van der Waals surface area (Å²) < 4.78 is 0. The quantitative estimate of drug-likeness (QED) is 0.563. The molecule has 2 nitrogen and oxygen atoms in total. The molecule has 0 aliphatic rings. The Bertz CT molecular complexity index is 365. The van der Waals surface area contributed by atoms with Crippen LogP contribution in [0.25, 0.3) is 0 Å². The molecule has 1 aromatic heterocycles. The minimum atomic E-state index is -0.000556. The third kappa shape index (κ3) is 2.35. The molecule has 4 heteroatoms. The van der Waals surface area contributed by atoms with Crippen LogP contribution in [0.15, 0.2) is 6.07 Å². The van der Waals surface area contributed by atoms with Crippen molar-refractivity contribution in [3.63, 3.8) is 0 Å². The van der Waals surface area contributed by atoms with E-state index in [9.17, 15) is 4.79 Å². The summed E-state index contributed by atoms with van der Waals surface area (Å²) in [5.74, 6) is -0.000556. The largest absolute Gasteiger partial charge is 0.294 e. The molecule has 0 spiro atoms. The lowest BCUT2D eigenvalue weighted by Crippen LogP contribution is -2.04. The van der Waals surface area contributed by atoms with Crippen molar-refractivity contribution in [1.29, 1.82) is 0 Å². The van der Waals surface area contributed by atoms with Gasteiger partial charge in [0.2, 0.25) is 0 Å². The van der Waals surface area contributed by atoms with Crippen molar-refractivity contribution < 1.29 is 4.79 Å². The minimum Gasteiger partial charge on any atom is -0.294 e. The molecule has 14 heavy (non-hydrogen) atoms. The number of Topliss-reactive ketones (excluding diaryl/α,β-unsaturated/α-hetero) is 1. The average Bonchev–Trinajstić information content (AvgIpc) is 2.11. The minimum absolute atomic E-state index is 0.000556. The molecular formula is C10H11BClNO. The zero-order chi connectivity index (χ0) is 10.7. The van der Waals surface area contributed by atoms with Crippen LogP contribution < -0.4 is 0 Å². The van der Waals surface area contributed by atoms with E-state index in [0.717, 1.165) is 5.69 Å². The molecule has 0 aliphatic carbocycles. The smallest absolute Gasteiger partial charge is 0.164 e. The predicted octanol–water partition coefficient (Wildman–Crippen LogP) is 2.51. The molecular weight excluding hydrogens is 196 g/mol. The van der Waals surface area contributed by atoms with Gasteiger partial charge >= 0.3 is 0 Å². The maximum atomic E-state index is 11.6. The molecule has 0 atom stereocenters. The van der Waals surface area contributed by atoms with Crippen LogP contribution in [-0.4, -0.2) is 18.6 Å². The number of carbonyl (C=O) groups is 1. The fourth-order valence-electron chi connectivity index (χ4n) is 1.25. The highest BCUT2D eigenvalue weighted by molar-refractivity contribution is 6.31. The maximum absolute atomic E-state index is 11.6. The van der Waals surface area contributed by atoms with Crippen LogP contribution in [0, 0.1) is 13.8 Å². The van der Waals surface area contributed by atoms with Gasteiger partial charge in [0.25, 0.3) is 0 Å². The lowest BCUT2D eigenvalue weighted by atomic mass is 9.96. The fourth-order valence-corrected chi connectivity index (χ4v) is 1.40. The summed E-state index contributed by atoms with van der Waals surface area (Å²) in [5.41, 5.74) is 2.03. The highest BCUT2D eigenvalue weighted by Crippen LogP contribution is 2.18. The van der Waals surface area contributed by atoms with Gasteiger partial charge in [-0.1, -0.05) is 17.9 Å². The number of rotatable bonds is 3. The number of aromatic nitrogens is 1. The molecule has 1 rings (SSSR count). The van der Waals surface area contributed by atoms with Gasteiger partial charge in [-0.25, -0.2) is 0 Å². The molecule has 0 N–H and O–H groups in total. The van der Waals surface area contributed by atoms with E-state index in [-0.39, 0.29) is 5.78 Å². The topological polar surface area (TPSA) is 30.0 Å². The SMILES string of the molecule is [B]CCC(=O)c1cc(Cl)c(C)nc1C. The molecule has 0 bridgehead atoms.